The van der Waals surface area contributed by atoms with E-state index < -0.39 is 0 Å². The number of aromatic nitrogens is 2. The summed E-state index contributed by atoms with van der Waals surface area (Å²) in [7, 11) is 2.05. The van der Waals surface area contributed by atoms with E-state index in [0.29, 0.717) is 0 Å². The summed E-state index contributed by atoms with van der Waals surface area (Å²) >= 11 is 0. The normalized spacial score (nSPS) is 18.3. The summed E-state index contributed by atoms with van der Waals surface area (Å²) in [5.74, 6) is 0.867. The molecular weight excluding hydrogens is 224 g/mol. The highest BCUT2D eigenvalue weighted by atomic mass is 15.3. The highest BCUT2D eigenvalue weighted by Crippen LogP contribution is 2.18. The van der Waals surface area contributed by atoms with E-state index in [4.69, 9.17) is 0 Å². The third-order valence-corrected chi connectivity index (χ3v) is 3.83. The van der Waals surface area contributed by atoms with Crippen molar-refractivity contribution in [3.05, 3.63) is 18.0 Å². The van der Waals surface area contributed by atoms with Gasteiger partial charge in [0.1, 0.15) is 0 Å². The number of likely N-dealkylation sites (tertiary alicyclic amines) is 1. The maximum absolute atomic E-state index is 4.40. The Kier molecular flexibility index (Phi) is 5.20. The molecule has 1 aromatic rings. The lowest BCUT2D eigenvalue weighted by atomic mass is 9.97. The quantitative estimate of drug-likeness (QED) is 0.834. The zero-order chi connectivity index (χ0) is 12.8. The standard InChI is InChI=1S/C14H26N4/c1-3-8-18-14(4-7-16-18)12-17-9-5-13(6-10-17)11-15-2/h4,7,13,15H,3,5-6,8-12H2,1-2H3. The van der Waals surface area contributed by atoms with Crippen LogP contribution in [-0.2, 0) is 13.1 Å². The maximum Gasteiger partial charge on any atom is 0.0524 e. The summed E-state index contributed by atoms with van der Waals surface area (Å²) in [4.78, 5) is 2.56. The lowest BCUT2D eigenvalue weighted by Crippen LogP contribution is -2.36. The minimum atomic E-state index is 0.867. The van der Waals surface area contributed by atoms with E-state index in [-0.39, 0.29) is 0 Å². The van der Waals surface area contributed by atoms with Crippen molar-refractivity contribution in [3.63, 3.8) is 0 Å². The molecule has 1 aromatic heterocycles. The van der Waals surface area contributed by atoms with Gasteiger partial charge < -0.3 is 5.32 Å². The van der Waals surface area contributed by atoms with Gasteiger partial charge in [-0.05, 0) is 57.9 Å². The molecule has 2 heterocycles. The van der Waals surface area contributed by atoms with Crippen LogP contribution in [0.4, 0.5) is 0 Å². The van der Waals surface area contributed by atoms with Crippen LogP contribution in [-0.4, -0.2) is 41.4 Å². The SMILES string of the molecule is CCCn1nccc1CN1CCC(CNC)CC1. The second-order valence-corrected chi connectivity index (χ2v) is 5.32. The fourth-order valence-corrected chi connectivity index (χ4v) is 2.77. The van der Waals surface area contributed by atoms with Gasteiger partial charge in [-0.15, -0.1) is 0 Å². The van der Waals surface area contributed by atoms with E-state index in [2.05, 4.69) is 40.0 Å². The fraction of sp³-hybridized carbons (Fsp3) is 0.786. The number of nitrogens with one attached hydrogen (secondary N) is 1. The van der Waals surface area contributed by atoms with Crippen molar-refractivity contribution >= 4 is 0 Å². The van der Waals surface area contributed by atoms with Gasteiger partial charge in [-0.25, -0.2) is 0 Å². The van der Waals surface area contributed by atoms with E-state index in [9.17, 15) is 0 Å². The zero-order valence-electron chi connectivity index (χ0n) is 11.7. The predicted octanol–water partition coefficient (Wildman–Crippen LogP) is 1.72. The first-order valence-corrected chi connectivity index (χ1v) is 7.21. The number of rotatable bonds is 6. The molecule has 1 aliphatic rings. The number of nitrogens with zero attached hydrogens (tertiary/aromatic N) is 3. The van der Waals surface area contributed by atoms with Gasteiger partial charge in [0.2, 0.25) is 0 Å². The van der Waals surface area contributed by atoms with Gasteiger partial charge in [0.25, 0.3) is 0 Å². The van der Waals surface area contributed by atoms with Crippen LogP contribution in [0.1, 0.15) is 31.9 Å². The van der Waals surface area contributed by atoms with Crippen molar-refractivity contribution in [1.29, 1.82) is 0 Å². The monoisotopic (exact) mass is 250 g/mol. The van der Waals surface area contributed by atoms with Gasteiger partial charge in [-0.1, -0.05) is 6.92 Å². The Labute approximate surface area is 110 Å². The molecule has 4 nitrogen and oxygen atoms in total. The molecule has 1 fully saturated rings. The van der Waals surface area contributed by atoms with Crippen LogP contribution in [0.5, 0.6) is 0 Å². The number of hydrogen-bond donors (Lipinski definition) is 1. The van der Waals surface area contributed by atoms with Crippen LogP contribution >= 0.6 is 0 Å². The van der Waals surface area contributed by atoms with E-state index in [1.807, 2.05) is 6.20 Å². The molecule has 0 bridgehead atoms. The van der Waals surface area contributed by atoms with Gasteiger partial charge in [-0.3, -0.25) is 9.58 Å². The van der Waals surface area contributed by atoms with Gasteiger partial charge >= 0.3 is 0 Å². The summed E-state index contributed by atoms with van der Waals surface area (Å²) in [6, 6.07) is 2.16. The van der Waals surface area contributed by atoms with Crippen molar-refractivity contribution in [2.24, 2.45) is 5.92 Å². The predicted molar refractivity (Wildman–Crippen MR) is 74.4 cm³/mol. The average molecular weight is 250 g/mol. The zero-order valence-corrected chi connectivity index (χ0v) is 11.7. The molecule has 4 heteroatoms. The molecule has 0 saturated carbocycles. The Hall–Kier alpha value is -0.870. The molecule has 2 rings (SSSR count). The third kappa shape index (κ3) is 3.56. The van der Waals surface area contributed by atoms with E-state index >= 15 is 0 Å². The van der Waals surface area contributed by atoms with E-state index in [1.165, 1.54) is 38.2 Å². The van der Waals surface area contributed by atoms with Crippen LogP contribution in [0.25, 0.3) is 0 Å². The largest absolute Gasteiger partial charge is 0.319 e. The van der Waals surface area contributed by atoms with Gasteiger partial charge in [0.05, 0.1) is 5.69 Å². The van der Waals surface area contributed by atoms with Crippen molar-refractivity contribution in [2.45, 2.75) is 39.3 Å². The highest BCUT2D eigenvalue weighted by Gasteiger charge is 2.19. The second-order valence-electron chi connectivity index (χ2n) is 5.32. The highest BCUT2D eigenvalue weighted by molar-refractivity contribution is 5.00. The molecule has 0 unspecified atom stereocenters. The van der Waals surface area contributed by atoms with Gasteiger partial charge in [-0.2, -0.15) is 5.10 Å². The third-order valence-electron chi connectivity index (χ3n) is 3.83. The van der Waals surface area contributed by atoms with Gasteiger partial charge in [0.15, 0.2) is 0 Å². The fourth-order valence-electron chi connectivity index (χ4n) is 2.77. The smallest absolute Gasteiger partial charge is 0.0524 e. The number of hydrogen-bond acceptors (Lipinski definition) is 3. The molecule has 0 aliphatic carbocycles. The van der Waals surface area contributed by atoms with Crippen molar-refractivity contribution in [3.8, 4) is 0 Å². The minimum absolute atomic E-state index is 0.867. The molecule has 0 aromatic carbocycles. The molecule has 1 aliphatic heterocycles. The molecule has 18 heavy (non-hydrogen) atoms. The Bertz CT molecular complexity index is 339. The lowest BCUT2D eigenvalue weighted by Gasteiger charge is -2.31. The molecule has 102 valence electrons. The van der Waals surface area contributed by atoms with Gasteiger partial charge in [0, 0.05) is 19.3 Å². The molecule has 0 spiro atoms. The number of aryl methyl sites for hydroxylation is 1. The Morgan fingerprint density at radius 3 is 2.83 bits per heavy atom. The average Bonchev–Trinajstić information content (AvgIpc) is 2.80. The topological polar surface area (TPSA) is 33.1 Å². The first kappa shape index (κ1) is 13.6. The Morgan fingerprint density at radius 1 is 1.39 bits per heavy atom. The summed E-state index contributed by atoms with van der Waals surface area (Å²) in [5, 5.41) is 7.69. The van der Waals surface area contributed by atoms with Crippen molar-refractivity contribution < 1.29 is 0 Å². The molecule has 1 saturated heterocycles. The summed E-state index contributed by atoms with van der Waals surface area (Å²) < 4.78 is 2.15. The molecule has 0 atom stereocenters. The molecule has 0 radical (unpaired) electrons. The van der Waals surface area contributed by atoms with Crippen LogP contribution in [0.2, 0.25) is 0 Å². The lowest BCUT2D eigenvalue weighted by molar-refractivity contribution is 0.172. The number of piperidine rings is 1. The summed E-state index contributed by atoms with van der Waals surface area (Å²) in [6.45, 7) is 7.93. The molecular formula is C14H26N4. The minimum Gasteiger partial charge on any atom is -0.319 e. The Morgan fingerprint density at radius 2 is 2.17 bits per heavy atom. The summed E-state index contributed by atoms with van der Waals surface area (Å²) in [5.41, 5.74) is 1.36. The van der Waals surface area contributed by atoms with Crippen LogP contribution in [0.15, 0.2) is 12.3 Å². The van der Waals surface area contributed by atoms with Crippen LogP contribution in [0.3, 0.4) is 0 Å². The maximum atomic E-state index is 4.40. The summed E-state index contributed by atoms with van der Waals surface area (Å²) in [6.07, 6.45) is 5.73. The first-order valence-electron chi connectivity index (χ1n) is 7.21. The Balaban J connectivity index is 1.82. The second kappa shape index (κ2) is 6.90. The van der Waals surface area contributed by atoms with Crippen LogP contribution in [0, 0.1) is 5.92 Å². The van der Waals surface area contributed by atoms with Crippen molar-refractivity contribution in [2.75, 3.05) is 26.7 Å². The van der Waals surface area contributed by atoms with E-state index in [1.54, 1.807) is 0 Å². The first-order chi connectivity index (χ1) is 8.83. The molecule has 0 amide bonds. The molecule has 1 N–H and O–H groups in total. The van der Waals surface area contributed by atoms with Crippen molar-refractivity contribution in [1.82, 2.24) is 20.0 Å². The van der Waals surface area contributed by atoms with Crippen LogP contribution < -0.4 is 5.32 Å². The van der Waals surface area contributed by atoms with E-state index in [0.717, 1.165) is 25.4 Å².